The van der Waals surface area contributed by atoms with Gasteiger partial charge in [-0.2, -0.15) is 5.06 Å². The summed E-state index contributed by atoms with van der Waals surface area (Å²) in [5.41, 5.74) is 2.10. The molecule has 0 spiro atoms. The molecule has 2 rings (SSSR count). The predicted molar refractivity (Wildman–Crippen MR) is 74.4 cm³/mol. The average Bonchev–Trinajstić information content (AvgIpc) is 2.46. The molecule has 1 amide bonds. The number of hydroxylamine groups is 1. The van der Waals surface area contributed by atoms with Crippen molar-refractivity contribution in [2.45, 2.75) is 33.1 Å². The van der Waals surface area contributed by atoms with Crippen LogP contribution in [0.4, 0.5) is 5.69 Å². The van der Waals surface area contributed by atoms with Gasteiger partial charge in [0.05, 0.1) is 24.5 Å². The van der Waals surface area contributed by atoms with Crippen LogP contribution < -0.4 is 5.06 Å². The van der Waals surface area contributed by atoms with Crippen molar-refractivity contribution in [3.8, 4) is 0 Å². The van der Waals surface area contributed by atoms with E-state index in [0.29, 0.717) is 37.3 Å². The van der Waals surface area contributed by atoms with Gasteiger partial charge in [0.25, 0.3) is 5.91 Å². The van der Waals surface area contributed by atoms with E-state index in [2.05, 4.69) is 0 Å². The minimum Gasteiger partial charge on any atom is -0.462 e. The zero-order valence-corrected chi connectivity index (χ0v) is 11.8. The minimum atomic E-state index is -0.385. The Hall–Kier alpha value is -1.88. The first kappa shape index (κ1) is 14.5. The summed E-state index contributed by atoms with van der Waals surface area (Å²) in [6, 6.07) is 5.25. The Morgan fingerprint density at radius 3 is 2.80 bits per heavy atom. The van der Waals surface area contributed by atoms with Crippen LogP contribution in [0.3, 0.4) is 0 Å². The molecule has 1 aromatic carbocycles. The van der Waals surface area contributed by atoms with Crippen molar-refractivity contribution in [2.75, 3.05) is 18.3 Å². The smallest absolute Gasteiger partial charge is 0.338 e. The van der Waals surface area contributed by atoms with Crippen molar-refractivity contribution >= 4 is 17.6 Å². The molecule has 20 heavy (non-hydrogen) atoms. The third-order valence-corrected chi connectivity index (χ3v) is 3.07. The number of hydrogen-bond donors (Lipinski definition) is 0. The summed E-state index contributed by atoms with van der Waals surface area (Å²) in [5, 5.41) is 1.31. The van der Waals surface area contributed by atoms with Crippen LogP contribution in [0.25, 0.3) is 0 Å². The maximum atomic E-state index is 12.0. The molecular formula is C15H19NO4. The molecule has 0 unspecified atom stereocenters. The van der Waals surface area contributed by atoms with E-state index in [9.17, 15) is 9.59 Å². The van der Waals surface area contributed by atoms with Gasteiger partial charge in [0.1, 0.15) is 0 Å². The minimum absolute atomic E-state index is 0.0769. The second-order valence-electron chi connectivity index (χ2n) is 4.59. The van der Waals surface area contributed by atoms with Gasteiger partial charge in [-0.05, 0) is 37.5 Å². The molecule has 108 valence electrons. The van der Waals surface area contributed by atoms with Crippen LogP contribution in [0.1, 0.15) is 42.6 Å². The lowest BCUT2D eigenvalue weighted by Crippen LogP contribution is -2.35. The summed E-state index contributed by atoms with van der Waals surface area (Å²) in [6.07, 6.45) is 1.91. The van der Waals surface area contributed by atoms with Crippen LogP contribution in [0.2, 0.25) is 0 Å². The Morgan fingerprint density at radius 1 is 1.30 bits per heavy atom. The average molecular weight is 277 g/mol. The van der Waals surface area contributed by atoms with Crippen LogP contribution in [0.5, 0.6) is 0 Å². The topological polar surface area (TPSA) is 55.8 Å². The number of esters is 1. The summed E-state index contributed by atoms with van der Waals surface area (Å²) in [6.45, 7) is 4.53. The molecule has 0 fully saturated rings. The maximum Gasteiger partial charge on any atom is 0.338 e. The van der Waals surface area contributed by atoms with Crippen molar-refractivity contribution in [1.29, 1.82) is 0 Å². The van der Waals surface area contributed by atoms with Gasteiger partial charge in [-0.25, -0.2) is 4.79 Å². The zero-order valence-electron chi connectivity index (χ0n) is 11.8. The fourth-order valence-electron chi connectivity index (χ4n) is 2.11. The Bertz CT molecular complexity index is 513. The van der Waals surface area contributed by atoms with E-state index < -0.39 is 0 Å². The van der Waals surface area contributed by atoms with Crippen molar-refractivity contribution in [3.63, 3.8) is 0 Å². The number of carbonyl (C=O) groups excluding carboxylic acids is 2. The number of ether oxygens (including phenoxy) is 1. The quantitative estimate of drug-likeness (QED) is 0.776. The van der Waals surface area contributed by atoms with E-state index in [1.54, 1.807) is 19.1 Å². The lowest BCUT2D eigenvalue weighted by atomic mass is 10.0. The number of anilines is 1. The van der Waals surface area contributed by atoms with Crippen molar-refractivity contribution < 1.29 is 19.2 Å². The number of hydrogen-bond acceptors (Lipinski definition) is 4. The van der Waals surface area contributed by atoms with E-state index >= 15 is 0 Å². The predicted octanol–water partition coefficient (Wildman–Crippen LogP) is 2.48. The van der Waals surface area contributed by atoms with Crippen molar-refractivity contribution in [2.24, 2.45) is 0 Å². The second-order valence-corrected chi connectivity index (χ2v) is 4.59. The summed E-state index contributed by atoms with van der Waals surface area (Å²) in [5.74, 6) is -0.462. The van der Waals surface area contributed by atoms with Gasteiger partial charge in [0, 0.05) is 6.42 Å². The highest BCUT2D eigenvalue weighted by Crippen LogP contribution is 2.29. The van der Waals surface area contributed by atoms with Gasteiger partial charge in [0.15, 0.2) is 0 Å². The van der Waals surface area contributed by atoms with E-state index in [1.807, 2.05) is 13.0 Å². The standard InChI is InChI=1S/C15H19NO4/c1-3-9-20-16-13-10-12(15(18)19-4-2)6-5-11(13)7-8-14(16)17/h5-6,10H,3-4,7-9H2,1-2H3. The first-order valence-electron chi connectivity index (χ1n) is 6.93. The van der Waals surface area contributed by atoms with Gasteiger partial charge in [0.2, 0.25) is 0 Å². The highest BCUT2D eigenvalue weighted by Gasteiger charge is 2.26. The molecule has 0 atom stereocenters. The molecule has 0 aromatic heterocycles. The molecule has 1 heterocycles. The van der Waals surface area contributed by atoms with E-state index in [0.717, 1.165) is 12.0 Å². The van der Waals surface area contributed by atoms with Gasteiger partial charge < -0.3 is 4.74 Å². The molecule has 0 bridgehead atoms. The number of nitrogens with zero attached hydrogens (tertiary/aromatic N) is 1. The molecule has 0 saturated heterocycles. The second kappa shape index (κ2) is 6.52. The Kier molecular flexibility index (Phi) is 4.74. The van der Waals surface area contributed by atoms with Crippen molar-refractivity contribution in [3.05, 3.63) is 29.3 Å². The maximum absolute atomic E-state index is 12.0. The zero-order chi connectivity index (χ0) is 14.5. The molecule has 5 nitrogen and oxygen atoms in total. The number of amides is 1. The highest BCUT2D eigenvalue weighted by atomic mass is 16.7. The third-order valence-electron chi connectivity index (χ3n) is 3.07. The van der Waals surface area contributed by atoms with Crippen LogP contribution in [-0.4, -0.2) is 25.1 Å². The first-order valence-corrected chi connectivity index (χ1v) is 6.93. The summed E-state index contributed by atoms with van der Waals surface area (Å²) < 4.78 is 4.98. The molecule has 0 N–H and O–H groups in total. The van der Waals surface area contributed by atoms with Crippen LogP contribution in [0, 0.1) is 0 Å². The molecule has 0 radical (unpaired) electrons. The number of aryl methyl sites for hydroxylation is 1. The molecule has 0 saturated carbocycles. The van der Waals surface area contributed by atoms with Gasteiger partial charge in [-0.15, -0.1) is 0 Å². The number of fused-ring (bicyclic) bond motifs is 1. The fourth-order valence-corrected chi connectivity index (χ4v) is 2.11. The first-order chi connectivity index (χ1) is 9.67. The van der Waals surface area contributed by atoms with Crippen LogP contribution in [0.15, 0.2) is 18.2 Å². The molecule has 1 aromatic rings. The lowest BCUT2D eigenvalue weighted by Gasteiger charge is -2.28. The third kappa shape index (κ3) is 2.99. The van der Waals surface area contributed by atoms with E-state index in [-0.39, 0.29) is 11.9 Å². The fraction of sp³-hybridized carbons (Fsp3) is 0.467. The van der Waals surface area contributed by atoms with Crippen LogP contribution in [-0.2, 0) is 20.8 Å². The monoisotopic (exact) mass is 277 g/mol. The lowest BCUT2D eigenvalue weighted by molar-refractivity contribution is -0.126. The van der Waals surface area contributed by atoms with E-state index in [1.165, 1.54) is 5.06 Å². The number of carbonyl (C=O) groups is 2. The molecular weight excluding hydrogens is 258 g/mol. The highest BCUT2D eigenvalue weighted by molar-refractivity contribution is 5.97. The van der Waals surface area contributed by atoms with Crippen LogP contribution >= 0.6 is 0 Å². The molecule has 0 aliphatic carbocycles. The molecule has 5 heteroatoms. The van der Waals surface area contributed by atoms with Gasteiger partial charge in [-0.1, -0.05) is 13.0 Å². The number of benzene rings is 1. The van der Waals surface area contributed by atoms with Gasteiger partial charge in [-0.3, -0.25) is 9.63 Å². The number of rotatable bonds is 5. The Labute approximate surface area is 118 Å². The summed E-state index contributed by atoms with van der Waals surface area (Å²) >= 11 is 0. The Balaban J connectivity index is 2.30. The van der Waals surface area contributed by atoms with Gasteiger partial charge >= 0.3 is 5.97 Å². The summed E-state index contributed by atoms with van der Waals surface area (Å²) in [4.78, 5) is 29.2. The molecule has 1 aliphatic rings. The van der Waals surface area contributed by atoms with E-state index in [4.69, 9.17) is 9.57 Å². The largest absolute Gasteiger partial charge is 0.462 e. The molecule has 1 aliphatic heterocycles. The SMILES string of the molecule is CCCON1C(=O)CCc2ccc(C(=O)OCC)cc21. The van der Waals surface area contributed by atoms with Crippen molar-refractivity contribution in [1.82, 2.24) is 0 Å². The summed E-state index contributed by atoms with van der Waals surface area (Å²) in [7, 11) is 0. The normalized spacial score (nSPS) is 14.1. The Morgan fingerprint density at radius 2 is 2.10 bits per heavy atom.